The van der Waals surface area contributed by atoms with Gasteiger partial charge in [0.15, 0.2) is 0 Å². The van der Waals surface area contributed by atoms with Gasteiger partial charge in [-0.25, -0.2) is 0 Å². The molecule has 0 bridgehead atoms. The fourth-order valence-electron chi connectivity index (χ4n) is 2.32. The Morgan fingerprint density at radius 2 is 1.73 bits per heavy atom. The molecule has 0 amide bonds. The van der Waals surface area contributed by atoms with Crippen LogP contribution >= 0.6 is 0 Å². The number of aliphatic hydroxyl groups excluding tert-OH is 1. The molecule has 2 nitrogen and oxygen atoms in total. The first kappa shape index (κ1) is 12.5. The molecule has 0 aromatic carbocycles. The summed E-state index contributed by atoms with van der Waals surface area (Å²) in [4.78, 5) is 2.29. The highest BCUT2D eigenvalue weighted by molar-refractivity contribution is 4.84. The van der Waals surface area contributed by atoms with Crippen LogP contribution in [-0.2, 0) is 0 Å². The van der Waals surface area contributed by atoms with Gasteiger partial charge in [0.25, 0.3) is 0 Å². The number of hydrogen-bond acceptors (Lipinski definition) is 2. The average Bonchev–Trinajstić information content (AvgIpc) is 2.22. The van der Waals surface area contributed by atoms with Gasteiger partial charge in [0, 0.05) is 19.6 Å². The fraction of sp³-hybridized carbons (Fsp3) is 0.692. The van der Waals surface area contributed by atoms with Crippen LogP contribution in [0.4, 0.5) is 0 Å². The van der Waals surface area contributed by atoms with Gasteiger partial charge in [0.2, 0.25) is 0 Å². The topological polar surface area (TPSA) is 23.5 Å². The molecule has 2 heteroatoms. The van der Waals surface area contributed by atoms with Gasteiger partial charge >= 0.3 is 0 Å². The average molecular weight is 209 g/mol. The molecule has 0 saturated heterocycles. The predicted molar refractivity (Wildman–Crippen MR) is 64.8 cm³/mol. The van der Waals surface area contributed by atoms with Crippen LogP contribution in [0.5, 0.6) is 0 Å². The summed E-state index contributed by atoms with van der Waals surface area (Å²) in [5.74, 6) is 0.443. The van der Waals surface area contributed by atoms with E-state index in [-0.39, 0.29) is 6.10 Å². The van der Waals surface area contributed by atoms with Crippen molar-refractivity contribution in [1.82, 2.24) is 4.90 Å². The Hall–Kier alpha value is -0.600. The van der Waals surface area contributed by atoms with E-state index in [1.807, 2.05) is 12.2 Å². The molecule has 0 aromatic rings. The Kier molecular flexibility index (Phi) is 5.66. The van der Waals surface area contributed by atoms with Crippen LogP contribution in [0.2, 0.25) is 0 Å². The molecular weight excluding hydrogens is 186 g/mol. The lowest BCUT2D eigenvalue weighted by Gasteiger charge is -2.32. The third kappa shape index (κ3) is 4.18. The van der Waals surface area contributed by atoms with Gasteiger partial charge in [0.1, 0.15) is 0 Å². The number of hydrogen-bond donors (Lipinski definition) is 1. The van der Waals surface area contributed by atoms with Crippen molar-refractivity contribution in [2.24, 2.45) is 5.92 Å². The zero-order chi connectivity index (χ0) is 11.1. The van der Waals surface area contributed by atoms with Gasteiger partial charge in [-0.2, -0.15) is 0 Å². The molecule has 0 spiro atoms. The summed E-state index contributed by atoms with van der Waals surface area (Å²) >= 11 is 0. The molecule has 1 aliphatic carbocycles. The van der Waals surface area contributed by atoms with Crippen molar-refractivity contribution in [1.29, 1.82) is 0 Å². The molecule has 1 rings (SSSR count). The van der Waals surface area contributed by atoms with Crippen molar-refractivity contribution >= 4 is 0 Å². The van der Waals surface area contributed by atoms with Crippen molar-refractivity contribution in [3.8, 4) is 0 Å². The fourth-order valence-corrected chi connectivity index (χ4v) is 2.32. The Morgan fingerprint density at radius 1 is 1.13 bits per heavy atom. The molecule has 0 heterocycles. The Morgan fingerprint density at radius 3 is 2.27 bits per heavy atom. The summed E-state index contributed by atoms with van der Waals surface area (Å²) in [7, 11) is 0. The molecule has 1 aliphatic rings. The van der Waals surface area contributed by atoms with Gasteiger partial charge in [-0.05, 0) is 18.8 Å². The summed E-state index contributed by atoms with van der Waals surface area (Å²) in [5, 5.41) is 9.88. The van der Waals surface area contributed by atoms with E-state index in [2.05, 4.69) is 18.1 Å². The third-order valence-electron chi connectivity index (χ3n) is 3.14. The summed E-state index contributed by atoms with van der Waals surface area (Å²) in [6, 6.07) is 0. The highest BCUT2D eigenvalue weighted by atomic mass is 16.3. The van der Waals surface area contributed by atoms with Gasteiger partial charge in [-0.1, -0.05) is 25.0 Å². The van der Waals surface area contributed by atoms with E-state index >= 15 is 0 Å². The van der Waals surface area contributed by atoms with Crippen molar-refractivity contribution in [2.75, 3.05) is 19.6 Å². The third-order valence-corrected chi connectivity index (χ3v) is 3.14. The Bertz CT molecular complexity index is 193. The maximum absolute atomic E-state index is 9.88. The molecule has 1 N–H and O–H groups in total. The van der Waals surface area contributed by atoms with Crippen LogP contribution in [0, 0.1) is 5.92 Å². The van der Waals surface area contributed by atoms with Crippen LogP contribution < -0.4 is 0 Å². The highest BCUT2D eigenvalue weighted by Crippen LogP contribution is 2.25. The van der Waals surface area contributed by atoms with Crippen molar-refractivity contribution < 1.29 is 5.11 Å². The molecular formula is C13H23NO. The minimum Gasteiger partial charge on any atom is -0.393 e. The summed E-state index contributed by atoms with van der Waals surface area (Å²) in [6.45, 7) is 10.3. The number of nitrogens with zero attached hydrogens (tertiary/aromatic N) is 1. The zero-order valence-corrected chi connectivity index (χ0v) is 9.57. The van der Waals surface area contributed by atoms with Crippen LogP contribution in [0.3, 0.4) is 0 Å². The standard InChI is InChI=1S/C13H23NO/c1-3-9-14(10-4-2)11-12-7-5-6-8-13(12)15/h3-4,12-13,15H,1-2,5-11H2. The van der Waals surface area contributed by atoms with E-state index in [0.717, 1.165) is 32.5 Å². The second-order valence-electron chi connectivity index (χ2n) is 4.41. The van der Waals surface area contributed by atoms with Gasteiger partial charge in [0.05, 0.1) is 6.10 Å². The van der Waals surface area contributed by atoms with E-state index in [9.17, 15) is 5.11 Å². The summed E-state index contributed by atoms with van der Waals surface area (Å²) in [5.41, 5.74) is 0. The molecule has 15 heavy (non-hydrogen) atoms. The van der Waals surface area contributed by atoms with Crippen LogP contribution in [0.1, 0.15) is 25.7 Å². The normalized spacial score (nSPS) is 26.5. The lowest BCUT2D eigenvalue weighted by molar-refractivity contribution is 0.0509. The molecule has 2 unspecified atom stereocenters. The van der Waals surface area contributed by atoms with E-state index in [0.29, 0.717) is 5.92 Å². The van der Waals surface area contributed by atoms with Crippen molar-refractivity contribution in [2.45, 2.75) is 31.8 Å². The predicted octanol–water partition coefficient (Wildman–Crippen LogP) is 2.21. The van der Waals surface area contributed by atoms with Crippen LogP contribution in [0.15, 0.2) is 25.3 Å². The summed E-state index contributed by atoms with van der Waals surface area (Å²) in [6.07, 6.45) is 8.30. The molecule has 1 fully saturated rings. The first-order valence-electron chi connectivity index (χ1n) is 5.90. The number of aliphatic hydroxyl groups is 1. The zero-order valence-electron chi connectivity index (χ0n) is 9.57. The van der Waals surface area contributed by atoms with E-state index in [4.69, 9.17) is 0 Å². The molecule has 1 saturated carbocycles. The van der Waals surface area contributed by atoms with Gasteiger partial charge in [-0.3, -0.25) is 4.90 Å². The molecule has 2 atom stereocenters. The van der Waals surface area contributed by atoms with E-state index < -0.39 is 0 Å². The maximum Gasteiger partial charge on any atom is 0.0580 e. The molecule has 0 aliphatic heterocycles. The SMILES string of the molecule is C=CCN(CC=C)CC1CCCCC1O. The second kappa shape index (κ2) is 6.81. The number of rotatable bonds is 6. The lowest BCUT2D eigenvalue weighted by Crippen LogP contribution is -2.37. The maximum atomic E-state index is 9.88. The largest absolute Gasteiger partial charge is 0.393 e. The van der Waals surface area contributed by atoms with E-state index in [1.54, 1.807) is 0 Å². The van der Waals surface area contributed by atoms with Crippen LogP contribution in [0.25, 0.3) is 0 Å². The van der Waals surface area contributed by atoms with Gasteiger partial charge in [-0.15, -0.1) is 13.2 Å². The van der Waals surface area contributed by atoms with E-state index in [1.165, 1.54) is 12.8 Å². The van der Waals surface area contributed by atoms with Crippen molar-refractivity contribution in [3.63, 3.8) is 0 Å². The van der Waals surface area contributed by atoms with Crippen molar-refractivity contribution in [3.05, 3.63) is 25.3 Å². The summed E-state index contributed by atoms with van der Waals surface area (Å²) < 4.78 is 0. The van der Waals surface area contributed by atoms with Gasteiger partial charge < -0.3 is 5.11 Å². The first-order valence-corrected chi connectivity index (χ1v) is 5.90. The highest BCUT2D eigenvalue weighted by Gasteiger charge is 2.24. The molecule has 0 aromatic heterocycles. The Labute approximate surface area is 93.3 Å². The quantitative estimate of drug-likeness (QED) is 0.678. The first-order chi connectivity index (χ1) is 7.27. The molecule has 0 radical (unpaired) electrons. The Balaban J connectivity index is 2.40. The molecule has 86 valence electrons. The van der Waals surface area contributed by atoms with Crippen LogP contribution in [-0.4, -0.2) is 35.7 Å². The lowest BCUT2D eigenvalue weighted by atomic mass is 9.86. The monoisotopic (exact) mass is 209 g/mol. The smallest absolute Gasteiger partial charge is 0.0580 e. The minimum atomic E-state index is -0.101. The minimum absolute atomic E-state index is 0.101. The second-order valence-corrected chi connectivity index (χ2v) is 4.41.